The summed E-state index contributed by atoms with van der Waals surface area (Å²) in [7, 11) is 0. The van der Waals surface area contributed by atoms with Crippen LogP contribution in [0.2, 0.25) is 0 Å². The van der Waals surface area contributed by atoms with Crippen LogP contribution in [-0.2, 0) is 16.2 Å². The first-order valence-electron chi connectivity index (χ1n) is 20.6. The first-order valence-corrected chi connectivity index (χ1v) is 20.6. The third kappa shape index (κ3) is 5.61. The molecule has 0 N–H and O–H groups in total. The molecule has 0 unspecified atom stereocenters. The monoisotopic (exact) mass is 738 g/mol. The van der Waals surface area contributed by atoms with Crippen LogP contribution in [0.4, 0.5) is 17.1 Å². The van der Waals surface area contributed by atoms with E-state index in [1.54, 1.807) is 0 Å². The van der Waals surface area contributed by atoms with Crippen molar-refractivity contribution in [1.29, 1.82) is 0 Å². The predicted molar refractivity (Wildman–Crippen MR) is 247 cm³/mol. The number of anilines is 3. The standard InChI is InChI=1S/C54H51BN2/c1-52(2,3)38-23-27-47-42(29-38)44-31-39(53(4,5)6)32-45-43-30-40(54(7,8)9)33-49-50(43)55(57(47)51(44)45)46-28-37(35-18-14-11-15-19-35)22-26-48(46)56(49)41-24-20-36(21-25-41)34-16-12-10-13-17-34/h10-33H,1-9H3. The molecule has 2 aliphatic heterocycles. The molecule has 2 nitrogen and oxygen atoms in total. The van der Waals surface area contributed by atoms with Crippen LogP contribution in [-0.4, -0.2) is 11.3 Å². The lowest BCUT2D eigenvalue weighted by molar-refractivity contribution is 0.590. The molecule has 280 valence electrons. The average molecular weight is 739 g/mol. The van der Waals surface area contributed by atoms with Gasteiger partial charge in [-0.1, -0.05) is 159 Å². The SMILES string of the molecule is CC(C)(C)c1cc2c3c(c1)N(c1ccc(-c4ccccc4)cc1)c1ccc(-c4ccccc4)cc1B3n1c3ccc(C(C)(C)C)cc3c3cc(C(C)(C)C)cc-2c31. The number of rotatable bonds is 3. The summed E-state index contributed by atoms with van der Waals surface area (Å²) in [6.45, 7) is 21.1. The van der Waals surface area contributed by atoms with Crippen LogP contribution in [0.25, 0.3) is 55.2 Å². The Labute approximate surface area is 338 Å². The molecule has 0 saturated carbocycles. The van der Waals surface area contributed by atoms with Gasteiger partial charge in [0, 0.05) is 44.4 Å². The number of benzene rings is 7. The molecule has 0 bridgehead atoms. The molecule has 3 heteroatoms. The highest BCUT2D eigenvalue weighted by Crippen LogP contribution is 2.49. The summed E-state index contributed by atoms with van der Waals surface area (Å²) in [4.78, 5) is 2.56. The zero-order chi connectivity index (χ0) is 39.6. The van der Waals surface area contributed by atoms with Gasteiger partial charge >= 0.3 is 6.85 Å². The van der Waals surface area contributed by atoms with E-state index in [4.69, 9.17) is 0 Å². The van der Waals surface area contributed by atoms with Gasteiger partial charge in [-0.25, -0.2) is 0 Å². The smallest absolute Gasteiger partial charge is 0.333 e. The first-order chi connectivity index (χ1) is 27.2. The summed E-state index contributed by atoms with van der Waals surface area (Å²) in [5, 5.41) is 2.70. The number of aromatic nitrogens is 1. The molecule has 0 atom stereocenters. The summed E-state index contributed by atoms with van der Waals surface area (Å²) in [5.41, 5.74) is 20.6. The van der Waals surface area contributed by atoms with E-state index in [-0.39, 0.29) is 23.1 Å². The fraction of sp³-hybridized carbons (Fsp3) is 0.222. The normalized spacial score (nSPS) is 13.6. The van der Waals surface area contributed by atoms with Crippen molar-refractivity contribution in [2.24, 2.45) is 0 Å². The van der Waals surface area contributed by atoms with Gasteiger partial charge in [-0.2, -0.15) is 0 Å². The molecule has 57 heavy (non-hydrogen) atoms. The molecule has 0 fully saturated rings. The Balaban J connectivity index is 1.34. The van der Waals surface area contributed by atoms with Crippen molar-refractivity contribution in [3.63, 3.8) is 0 Å². The van der Waals surface area contributed by atoms with Crippen molar-refractivity contribution < 1.29 is 0 Å². The highest BCUT2D eigenvalue weighted by Gasteiger charge is 2.44. The zero-order valence-corrected chi connectivity index (χ0v) is 34.8. The third-order valence-electron chi connectivity index (χ3n) is 12.6. The summed E-state index contributed by atoms with van der Waals surface area (Å²) in [6, 6.07) is 55.4. The third-order valence-corrected chi connectivity index (χ3v) is 12.6. The van der Waals surface area contributed by atoms with Crippen LogP contribution >= 0.6 is 0 Å². The molecule has 0 amide bonds. The second-order valence-electron chi connectivity index (χ2n) is 19.5. The van der Waals surface area contributed by atoms with Gasteiger partial charge in [-0.15, -0.1) is 0 Å². The average Bonchev–Trinajstić information content (AvgIpc) is 3.52. The Morgan fingerprint density at radius 1 is 0.421 bits per heavy atom. The molecule has 8 aromatic rings. The molecular formula is C54H51BN2. The van der Waals surface area contributed by atoms with Gasteiger partial charge in [0.1, 0.15) is 0 Å². The second kappa shape index (κ2) is 12.4. The van der Waals surface area contributed by atoms with E-state index in [0.717, 1.165) is 0 Å². The van der Waals surface area contributed by atoms with E-state index >= 15 is 0 Å². The van der Waals surface area contributed by atoms with E-state index in [0.29, 0.717) is 0 Å². The van der Waals surface area contributed by atoms with Crippen LogP contribution < -0.4 is 15.8 Å². The highest BCUT2D eigenvalue weighted by molar-refractivity contribution is 6.90. The van der Waals surface area contributed by atoms with Gasteiger partial charge in [-0.05, 0) is 120 Å². The van der Waals surface area contributed by atoms with E-state index in [1.165, 1.54) is 99.9 Å². The zero-order valence-electron chi connectivity index (χ0n) is 34.8. The van der Waals surface area contributed by atoms with Crippen molar-refractivity contribution in [3.05, 3.63) is 162 Å². The molecule has 0 aliphatic carbocycles. The largest absolute Gasteiger partial charge is 0.375 e. The summed E-state index contributed by atoms with van der Waals surface area (Å²) in [5.74, 6) is 0. The van der Waals surface area contributed by atoms with Crippen molar-refractivity contribution in [3.8, 4) is 33.4 Å². The number of hydrogen-bond donors (Lipinski definition) is 0. The highest BCUT2D eigenvalue weighted by atomic mass is 15.2. The molecular weight excluding hydrogens is 687 g/mol. The van der Waals surface area contributed by atoms with E-state index in [2.05, 4.69) is 217 Å². The van der Waals surface area contributed by atoms with Crippen LogP contribution in [0.5, 0.6) is 0 Å². The van der Waals surface area contributed by atoms with Gasteiger partial charge in [0.25, 0.3) is 0 Å². The Morgan fingerprint density at radius 2 is 0.965 bits per heavy atom. The van der Waals surface area contributed by atoms with Gasteiger partial charge in [0.2, 0.25) is 0 Å². The number of hydrogen-bond acceptors (Lipinski definition) is 1. The predicted octanol–water partition coefficient (Wildman–Crippen LogP) is 13.4. The van der Waals surface area contributed by atoms with Crippen LogP contribution in [0.1, 0.15) is 79.0 Å². The summed E-state index contributed by atoms with van der Waals surface area (Å²) in [6.07, 6.45) is 0. The lowest BCUT2D eigenvalue weighted by Gasteiger charge is -2.42. The summed E-state index contributed by atoms with van der Waals surface area (Å²) >= 11 is 0. The molecule has 0 spiro atoms. The van der Waals surface area contributed by atoms with Crippen molar-refractivity contribution >= 4 is 56.6 Å². The topological polar surface area (TPSA) is 8.17 Å². The second-order valence-corrected chi connectivity index (χ2v) is 19.5. The van der Waals surface area contributed by atoms with Crippen molar-refractivity contribution in [2.45, 2.75) is 78.6 Å². The van der Waals surface area contributed by atoms with Gasteiger partial charge < -0.3 is 9.38 Å². The van der Waals surface area contributed by atoms with Gasteiger partial charge in [0.15, 0.2) is 0 Å². The molecule has 1 aromatic heterocycles. The van der Waals surface area contributed by atoms with Gasteiger partial charge in [-0.3, -0.25) is 0 Å². The Kier molecular flexibility index (Phi) is 7.72. The summed E-state index contributed by atoms with van der Waals surface area (Å²) < 4.78 is 2.71. The maximum atomic E-state index is 2.71. The number of nitrogens with zero attached hydrogens (tertiary/aromatic N) is 2. The van der Waals surface area contributed by atoms with E-state index in [9.17, 15) is 0 Å². The Morgan fingerprint density at radius 3 is 1.60 bits per heavy atom. The molecule has 0 radical (unpaired) electrons. The minimum Gasteiger partial charge on any atom is -0.375 e. The lowest BCUT2D eigenvalue weighted by Crippen LogP contribution is -2.57. The fourth-order valence-corrected chi connectivity index (χ4v) is 9.37. The van der Waals surface area contributed by atoms with E-state index in [1.807, 2.05) is 0 Å². The first kappa shape index (κ1) is 35.6. The molecule has 7 aromatic carbocycles. The quantitative estimate of drug-likeness (QED) is 0.164. The van der Waals surface area contributed by atoms with Crippen LogP contribution in [0.3, 0.4) is 0 Å². The molecule has 10 rings (SSSR count). The Bertz CT molecular complexity index is 2880. The van der Waals surface area contributed by atoms with Crippen molar-refractivity contribution in [2.75, 3.05) is 4.90 Å². The maximum Gasteiger partial charge on any atom is 0.333 e. The lowest BCUT2D eigenvalue weighted by atomic mass is 9.44. The fourth-order valence-electron chi connectivity index (χ4n) is 9.37. The minimum atomic E-state index is -0.0617. The molecule has 2 aliphatic rings. The Hall–Kier alpha value is -5.80. The minimum absolute atomic E-state index is 0.0176. The van der Waals surface area contributed by atoms with Crippen LogP contribution in [0, 0.1) is 0 Å². The molecule has 0 saturated heterocycles. The number of fused-ring (bicyclic) bond motifs is 7. The van der Waals surface area contributed by atoms with Crippen LogP contribution in [0.15, 0.2) is 146 Å². The van der Waals surface area contributed by atoms with Crippen molar-refractivity contribution in [1.82, 2.24) is 4.48 Å². The van der Waals surface area contributed by atoms with Gasteiger partial charge in [0.05, 0.1) is 0 Å². The molecule has 3 heterocycles. The maximum absolute atomic E-state index is 2.71. The van der Waals surface area contributed by atoms with E-state index < -0.39 is 0 Å².